The smallest absolute Gasteiger partial charge is 0.0494 e. The molecule has 10 heavy (non-hydrogen) atoms. The molecule has 1 unspecified atom stereocenters. The van der Waals surface area contributed by atoms with Crippen LogP contribution in [0, 0.1) is 17.8 Å². The van der Waals surface area contributed by atoms with E-state index in [1.54, 1.807) is 0 Å². The predicted octanol–water partition coefficient (Wildman–Crippen LogP) is 2.32. The van der Waals surface area contributed by atoms with E-state index < -0.39 is 0 Å². The SMILES string of the molecule is CC(C)C1CCOC[C@@H]1C. The maximum atomic E-state index is 5.36. The van der Waals surface area contributed by atoms with Crippen LogP contribution in [-0.2, 0) is 4.74 Å². The Labute approximate surface area is 63.8 Å². The Hall–Kier alpha value is -0.0400. The van der Waals surface area contributed by atoms with E-state index in [-0.39, 0.29) is 0 Å². The molecule has 1 saturated heterocycles. The molecule has 60 valence electrons. The molecule has 2 atom stereocenters. The molecule has 0 amide bonds. The Balaban J connectivity index is 2.40. The minimum absolute atomic E-state index is 0.772. The van der Waals surface area contributed by atoms with Gasteiger partial charge in [0.1, 0.15) is 0 Å². The third-order valence-electron chi connectivity index (χ3n) is 2.56. The molecule has 1 aliphatic heterocycles. The highest BCUT2D eigenvalue weighted by Gasteiger charge is 2.23. The molecule has 1 heterocycles. The van der Waals surface area contributed by atoms with Crippen LogP contribution in [0.4, 0.5) is 0 Å². The van der Waals surface area contributed by atoms with E-state index in [1.807, 2.05) is 0 Å². The van der Waals surface area contributed by atoms with Crippen molar-refractivity contribution in [1.29, 1.82) is 0 Å². The summed E-state index contributed by atoms with van der Waals surface area (Å²) in [7, 11) is 0. The van der Waals surface area contributed by atoms with Crippen LogP contribution in [0.15, 0.2) is 0 Å². The zero-order valence-corrected chi connectivity index (χ0v) is 7.26. The first-order valence-corrected chi connectivity index (χ1v) is 4.29. The minimum atomic E-state index is 0.772. The van der Waals surface area contributed by atoms with Crippen LogP contribution in [0.2, 0.25) is 0 Å². The number of hydrogen-bond donors (Lipinski definition) is 0. The van der Waals surface area contributed by atoms with Crippen LogP contribution in [-0.4, -0.2) is 13.2 Å². The van der Waals surface area contributed by atoms with Crippen LogP contribution < -0.4 is 0 Å². The first-order chi connectivity index (χ1) is 4.72. The fraction of sp³-hybridized carbons (Fsp3) is 1.00. The second kappa shape index (κ2) is 3.38. The summed E-state index contributed by atoms with van der Waals surface area (Å²) in [5.74, 6) is 2.50. The molecule has 0 bridgehead atoms. The molecular weight excluding hydrogens is 124 g/mol. The maximum Gasteiger partial charge on any atom is 0.0494 e. The molecule has 0 aromatic heterocycles. The van der Waals surface area contributed by atoms with Gasteiger partial charge in [-0.3, -0.25) is 0 Å². The van der Waals surface area contributed by atoms with Gasteiger partial charge in [-0.2, -0.15) is 0 Å². The Morgan fingerprint density at radius 2 is 2.10 bits per heavy atom. The van der Waals surface area contributed by atoms with Crippen molar-refractivity contribution in [2.75, 3.05) is 13.2 Å². The van der Waals surface area contributed by atoms with Gasteiger partial charge < -0.3 is 4.74 Å². The van der Waals surface area contributed by atoms with Gasteiger partial charge in [0, 0.05) is 13.2 Å². The lowest BCUT2D eigenvalue weighted by atomic mass is 9.81. The lowest BCUT2D eigenvalue weighted by Gasteiger charge is -2.31. The first-order valence-electron chi connectivity index (χ1n) is 4.29. The standard InChI is InChI=1S/C9H18O/c1-7(2)9-4-5-10-6-8(9)3/h7-9H,4-6H2,1-3H3/t8-,9?/m0/s1. The fourth-order valence-corrected chi connectivity index (χ4v) is 1.89. The van der Waals surface area contributed by atoms with E-state index >= 15 is 0 Å². The van der Waals surface area contributed by atoms with Crippen molar-refractivity contribution in [2.24, 2.45) is 17.8 Å². The maximum absolute atomic E-state index is 5.36. The van der Waals surface area contributed by atoms with E-state index in [2.05, 4.69) is 20.8 Å². The van der Waals surface area contributed by atoms with Crippen molar-refractivity contribution in [2.45, 2.75) is 27.2 Å². The largest absolute Gasteiger partial charge is 0.381 e. The zero-order chi connectivity index (χ0) is 7.56. The summed E-state index contributed by atoms with van der Waals surface area (Å²) in [5.41, 5.74) is 0. The quantitative estimate of drug-likeness (QED) is 0.546. The Kier molecular flexibility index (Phi) is 2.72. The van der Waals surface area contributed by atoms with Gasteiger partial charge in [-0.15, -0.1) is 0 Å². The molecule has 1 fully saturated rings. The summed E-state index contributed by atoms with van der Waals surface area (Å²) in [6.07, 6.45) is 1.26. The van der Waals surface area contributed by atoms with Gasteiger partial charge in [0.15, 0.2) is 0 Å². The molecule has 1 aliphatic rings. The lowest BCUT2D eigenvalue weighted by molar-refractivity contribution is 0.00874. The van der Waals surface area contributed by atoms with Crippen molar-refractivity contribution >= 4 is 0 Å². The zero-order valence-electron chi connectivity index (χ0n) is 7.26. The van der Waals surface area contributed by atoms with Crippen molar-refractivity contribution < 1.29 is 4.74 Å². The molecule has 0 aromatic carbocycles. The van der Waals surface area contributed by atoms with Gasteiger partial charge in [0.05, 0.1) is 0 Å². The summed E-state index contributed by atoms with van der Waals surface area (Å²) in [6.45, 7) is 8.87. The average Bonchev–Trinajstić information content (AvgIpc) is 1.88. The van der Waals surface area contributed by atoms with Crippen molar-refractivity contribution in [3.63, 3.8) is 0 Å². The van der Waals surface area contributed by atoms with Crippen molar-refractivity contribution in [3.8, 4) is 0 Å². The molecule has 0 aliphatic carbocycles. The topological polar surface area (TPSA) is 9.23 Å². The van der Waals surface area contributed by atoms with Crippen LogP contribution >= 0.6 is 0 Å². The molecule has 1 heteroatoms. The number of ether oxygens (including phenoxy) is 1. The molecule has 1 rings (SSSR count). The lowest BCUT2D eigenvalue weighted by Crippen LogP contribution is -2.28. The Morgan fingerprint density at radius 1 is 1.40 bits per heavy atom. The number of rotatable bonds is 1. The molecule has 1 nitrogen and oxygen atoms in total. The summed E-state index contributed by atoms with van der Waals surface area (Å²) in [5, 5.41) is 0. The van der Waals surface area contributed by atoms with E-state index in [0.717, 1.165) is 31.0 Å². The highest BCUT2D eigenvalue weighted by atomic mass is 16.5. The van der Waals surface area contributed by atoms with E-state index in [0.29, 0.717) is 0 Å². The van der Waals surface area contributed by atoms with E-state index in [4.69, 9.17) is 4.74 Å². The molecular formula is C9H18O. The molecule has 0 saturated carbocycles. The third kappa shape index (κ3) is 1.72. The van der Waals surface area contributed by atoms with Crippen LogP contribution in [0.3, 0.4) is 0 Å². The molecule has 0 spiro atoms. The van der Waals surface area contributed by atoms with Gasteiger partial charge in [-0.05, 0) is 24.2 Å². The molecule has 0 radical (unpaired) electrons. The second-order valence-corrected chi connectivity index (χ2v) is 3.75. The minimum Gasteiger partial charge on any atom is -0.381 e. The van der Waals surface area contributed by atoms with Crippen molar-refractivity contribution in [3.05, 3.63) is 0 Å². The second-order valence-electron chi connectivity index (χ2n) is 3.75. The van der Waals surface area contributed by atoms with Crippen LogP contribution in [0.5, 0.6) is 0 Å². The predicted molar refractivity (Wildman–Crippen MR) is 42.9 cm³/mol. The first kappa shape index (κ1) is 8.06. The summed E-state index contributed by atoms with van der Waals surface area (Å²) < 4.78 is 5.36. The highest BCUT2D eigenvalue weighted by Crippen LogP contribution is 2.27. The number of hydrogen-bond acceptors (Lipinski definition) is 1. The van der Waals surface area contributed by atoms with Crippen LogP contribution in [0.1, 0.15) is 27.2 Å². The van der Waals surface area contributed by atoms with Gasteiger partial charge >= 0.3 is 0 Å². The third-order valence-corrected chi connectivity index (χ3v) is 2.56. The van der Waals surface area contributed by atoms with Gasteiger partial charge in [-0.25, -0.2) is 0 Å². The fourth-order valence-electron chi connectivity index (χ4n) is 1.89. The van der Waals surface area contributed by atoms with E-state index in [9.17, 15) is 0 Å². The highest BCUT2D eigenvalue weighted by molar-refractivity contribution is 4.72. The normalized spacial score (nSPS) is 34.8. The van der Waals surface area contributed by atoms with Crippen LogP contribution in [0.25, 0.3) is 0 Å². The Bertz CT molecular complexity index is 98.9. The summed E-state index contributed by atoms with van der Waals surface area (Å²) >= 11 is 0. The van der Waals surface area contributed by atoms with Gasteiger partial charge in [-0.1, -0.05) is 20.8 Å². The Morgan fingerprint density at radius 3 is 2.50 bits per heavy atom. The van der Waals surface area contributed by atoms with E-state index in [1.165, 1.54) is 6.42 Å². The average molecular weight is 142 g/mol. The summed E-state index contributed by atoms with van der Waals surface area (Å²) in [4.78, 5) is 0. The van der Waals surface area contributed by atoms with Gasteiger partial charge in [0.25, 0.3) is 0 Å². The van der Waals surface area contributed by atoms with Crippen molar-refractivity contribution in [1.82, 2.24) is 0 Å². The molecule has 0 aromatic rings. The van der Waals surface area contributed by atoms with Gasteiger partial charge in [0.2, 0.25) is 0 Å². The molecule has 0 N–H and O–H groups in total. The monoisotopic (exact) mass is 142 g/mol. The summed E-state index contributed by atoms with van der Waals surface area (Å²) in [6, 6.07) is 0.